The minimum absolute atomic E-state index is 0.696. The van der Waals surface area contributed by atoms with Crippen LogP contribution in [0.3, 0.4) is 0 Å². The third kappa shape index (κ3) is 2.84. The Bertz CT molecular complexity index is 394. The summed E-state index contributed by atoms with van der Waals surface area (Å²) in [6, 6.07) is 0. The van der Waals surface area contributed by atoms with E-state index in [2.05, 4.69) is 15.3 Å². The van der Waals surface area contributed by atoms with Crippen LogP contribution in [0, 0.1) is 0 Å². The van der Waals surface area contributed by atoms with E-state index in [1.807, 2.05) is 22.6 Å². The summed E-state index contributed by atoms with van der Waals surface area (Å²) in [6.07, 6.45) is 5.68. The Morgan fingerprint density at radius 1 is 1.47 bits per heavy atom. The number of thiazole rings is 1. The molecule has 0 aliphatic rings. The van der Waals surface area contributed by atoms with Crippen molar-refractivity contribution in [2.45, 2.75) is 19.4 Å². The average molecular weight is 223 g/mol. The molecule has 6 heteroatoms. The Balaban J connectivity index is 1.95. The predicted octanol–water partition coefficient (Wildman–Crippen LogP) is 0.674. The van der Waals surface area contributed by atoms with Crippen molar-refractivity contribution >= 4 is 11.3 Å². The molecule has 0 bridgehead atoms. The van der Waals surface area contributed by atoms with Gasteiger partial charge in [-0.25, -0.2) is 4.68 Å². The molecule has 2 rings (SSSR count). The van der Waals surface area contributed by atoms with E-state index >= 15 is 0 Å². The monoisotopic (exact) mass is 223 g/mol. The summed E-state index contributed by atoms with van der Waals surface area (Å²) in [4.78, 5) is 5.20. The van der Waals surface area contributed by atoms with Crippen LogP contribution < -0.4 is 5.73 Å². The summed E-state index contributed by atoms with van der Waals surface area (Å²) in [5.74, 6) is 0. The second-order valence-corrected chi connectivity index (χ2v) is 4.24. The van der Waals surface area contributed by atoms with Crippen molar-refractivity contribution in [1.82, 2.24) is 20.0 Å². The molecule has 2 N–H and O–H groups in total. The van der Waals surface area contributed by atoms with Crippen molar-refractivity contribution in [3.8, 4) is 0 Å². The van der Waals surface area contributed by atoms with Crippen LogP contribution in [0.5, 0.6) is 0 Å². The number of hydrogen-bond acceptors (Lipinski definition) is 5. The van der Waals surface area contributed by atoms with Crippen LogP contribution in [0.1, 0.15) is 17.0 Å². The highest BCUT2D eigenvalue weighted by Crippen LogP contribution is 2.07. The summed E-state index contributed by atoms with van der Waals surface area (Å²) in [5, 5.41) is 8.12. The first-order chi connectivity index (χ1) is 7.38. The molecule has 2 heterocycles. The number of nitrogens with two attached hydrogens (primary N) is 1. The molecule has 0 aromatic carbocycles. The Hall–Kier alpha value is -1.27. The fraction of sp³-hybridized carbons (Fsp3) is 0.444. The van der Waals surface area contributed by atoms with Gasteiger partial charge < -0.3 is 5.73 Å². The van der Waals surface area contributed by atoms with Gasteiger partial charge in [0.2, 0.25) is 0 Å². The van der Waals surface area contributed by atoms with E-state index in [9.17, 15) is 0 Å². The topological polar surface area (TPSA) is 69.6 Å². The highest BCUT2D eigenvalue weighted by Gasteiger charge is 2.01. The highest BCUT2D eigenvalue weighted by atomic mass is 32.1. The lowest BCUT2D eigenvalue weighted by Gasteiger charge is -1.94. The van der Waals surface area contributed by atoms with E-state index in [1.165, 1.54) is 4.88 Å². The fourth-order valence-electron chi connectivity index (χ4n) is 1.29. The van der Waals surface area contributed by atoms with Crippen molar-refractivity contribution in [1.29, 1.82) is 0 Å². The molecule has 0 atom stereocenters. The first-order valence-corrected chi connectivity index (χ1v) is 5.73. The minimum atomic E-state index is 0.696. The molecule has 2 aromatic heterocycles. The first kappa shape index (κ1) is 10.3. The molecule has 0 unspecified atom stereocenters. The maximum Gasteiger partial charge on any atom is 0.0827 e. The molecule has 2 aromatic rings. The lowest BCUT2D eigenvalue weighted by molar-refractivity contribution is 0.654. The maximum atomic E-state index is 5.43. The van der Waals surface area contributed by atoms with Crippen LogP contribution in [0.2, 0.25) is 0 Å². The Kier molecular flexibility index (Phi) is 3.41. The van der Waals surface area contributed by atoms with Gasteiger partial charge in [0.15, 0.2) is 0 Å². The molecule has 0 saturated carbocycles. The molecule has 0 spiro atoms. The fourth-order valence-corrected chi connectivity index (χ4v) is 1.88. The standard InChI is InChI=1S/C9H13N5S/c10-3-1-2-8-5-14(13-12-8)6-9-4-11-7-15-9/h4-5,7H,1-3,6,10H2. The zero-order chi connectivity index (χ0) is 10.5. The number of hydrogen-bond donors (Lipinski definition) is 1. The first-order valence-electron chi connectivity index (χ1n) is 4.85. The summed E-state index contributed by atoms with van der Waals surface area (Å²) < 4.78 is 1.83. The molecule has 0 saturated heterocycles. The summed E-state index contributed by atoms with van der Waals surface area (Å²) in [7, 11) is 0. The zero-order valence-corrected chi connectivity index (χ0v) is 9.15. The van der Waals surface area contributed by atoms with Gasteiger partial charge in [-0.1, -0.05) is 5.21 Å². The zero-order valence-electron chi connectivity index (χ0n) is 8.33. The van der Waals surface area contributed by atoms with Gasteiger partial charge in [0.25, 0.3) is 0 Å². The van der Waals surface area contributed by atoms with Crippen LogP contribution in [0.15, 0.2) is 17.9 Å². The van der Waals surface area contributed by atoms with E-state index in [4.69, 9.17) is 5.73 Å². The molecule has 0 fully saturated rings. The van der Waals surface area contributed by atoms with Crippen LogP contribution in [-0.4, -0.2) is 26.5 Å². The van der Waals surface area contributed by atoms with E-state index < -0.39 is 0 Å². The Morgan fingerprint density at radius 2 is 2.40 bits per heavy atom. The molecule has 80 valence electrons. The largest absolute Gasteiger partial charge is 0.330 e. The van der Waals surface area contributed by atoms with Gasteiger partial charge in [-0.3, -0.25) is 4.98 Å². The van der Waals surface area contributed by atoms with Crippen LogP contribution >= 0.6 is 11.3 Å². The van der Waals surface area contributed by atoms with Gasteiger partial charge in [0.05, 0.1) is 17.7 Å². The molecular formula is C9H13N5S. The molecule has 15 heavy (non-hydrogen) atoms. The van der Waals surface area contributed by atoms with Crippen molar-refractivity contribution in [3.05, 3.63) is 28.5 Å². The van der Waals surface area contributed by atoms with Gasteiger partial charge in [-0.15, -0.1) is 16.4 Å². The van der Waals surface area contributed by atoms with Crippen molar-refractivity contribution in [2.24, 2.45) is 5.73 Å². The molecular weight excluding hydrogens is 210 g/mol. The third-order valence-electron chi connectivity index (χ3n) is 2.02. The Morgan fingerprint density at radius 3 is 3.13 bits per heavy atom. The van der Waals surface area contributed by atoms with Crippen molar-refractivity contribution in [3.63, 3.8) is 0 Å². The maximum absolute atomic E-state index is 5.43. The number of aryl methyl sites for hydroxylation is 1. The lowest BCUT2D eigenvalue weighted by Crippen LogP contribution is -2.00. The van der Waals surface area contributed by atoms with E-state index in [-0.39, 0.29) is 0 Å². The van der Waals surface area contributed by atoms with E-state index in [0.29, 0.717) is 6.54 Å². The van der Waals surface area contributed by atoms with E-state index in [1.54, 1.807) is 11.3 Å². The number of aromatic nitrogens is 4. The van der Waals surface area contributed by atoms with Crippen molar-refractivity contribution < 1.29 is 0 Å². The van der Waals surface area contributed by atoms with Crippen LogP contribution in [0.4, 0.5) is 0 Å². The molecule has 5 nitrogen and oxygen atoms in total. The van der Waals surface area contributed by atoms with E-state index in [0.717, 1.165) is 25.1 Å². The highest BCUT2D eigenvalue weighted by molar-refractivity contribution is 7.09. The summed E-state index contributed by atoms with van der Waals surface area (Å²) in [5.41, 5.74) is 8.26. The molecule has 0 amide bonds. The molecule has 0 radical (unpaired) electrons. The smallest absolute Gasteiger partial charge is 0.0827 e. The quantitative estimate of drug-likeness (QED) is 0.809. The lowest BCUT2D eigenvalue weighted by atomic mass is 10.2. The molecule has 0 aliphatic carbocycles. The van der Waals surface area contributed by atoms with Gasteiger partial charge in [-0.05, 0) is 19.4 Å². The number of rotatable bonds is 5. The summed E-state index contributed by atoms with van der Waals surface area (Å²) >= 11 is 1.63. The SMILES string of the molecule is NCCCc1cn(Cc2cncs2)nn1. The third-order valence-corrected chi connectivity index (χ3v) is 2.79. The van der Waals surface area contributed by atoms with Gasteiger partial charge in [0, 0.05) is 17.3 Å². The van der Waals surface area contributed by atoms with Gasteiger partial charge in [-0.2, -0.15) is 0 Å². The van der Waals surface area contributed by atoms with Crippen LogP contribution in [0.25, 0.3) is 0 Å². The second kappa shape index (κ2) is 4.99. The summed E-state index contributed by atoms with van der Waals surface area (Å²) in [6.45, 7) is 1.45. The predicted molar refractivity (Wildman–Crippen MR) is 58.6 cm³/mol. The number of nitrogens with zero attached hydrogens (tertiary/aromatic N) is 4. The van der Waals surface area contributed by atoms with Crippen LogP contribution in [-0.2, 0) is 13.0 Å². The molecule has 0 aliphatic heterocycles. The normalized spacial score (nSPS) is 10.7. The Labute approximate surface area is 91.9 Å². The van der Waals surface area contributed by atoms with Gasteiger partial charge in [0.1, 0.15) is 0 Å². The second-order valence-electron chi connectivity index (χ2n) is 3.27. The van der Waals surface area contributed by atoms with Crippen molar-refractivity contribution in [2.75, 3.05) is 6.54 Å². The average Bonchev–Trinajstić information content (AvgIpc) is 2.87. The minimum Gasteiger partial charge on any atom is -0.330 e. The van der Waals surface area contributed by atoms with Gasteiger partial charge >= 0.3 is 0 Å².